The maximum absolute atomic E-state index is 12.3. The summed E-state index contributed by atoms with van der Waals surface area (Å²) < 4.78 is 11.3. The van der Waals surface area contributed by atoms with Crippen LogP contribution in [-0.2, 0) is 9.53 Å². The first-order valence-electron chi connectivity index (χ1n) is 10.7. The van der Waals surface area contributed by atoms with E-state index < -0.39 is 5.60 Å². The molecule has 30 heavy (non-hydrogen) atoms. The van der Waals surface area contributed by atoms with Crippen LogP contribution in [0.15, 0.2) is 59.7 Å². The van der Waals surface area contributed by atoms with Crippen molar-refractivity contribution < 1.29 is 14.3 Å². The van der Waals surface area contributed by atoms with Crippen molar-refractivity contribution in [3.63, 3.8) is 0 Å². The molecule has 0 aromatic heterocycles. The summed E-state index contributed by atoms with van der Waals surface area (Å²) in [5.74, 6) is 7.35. The zero-order chi connectivity index (χ0) is 20.3. The van der Waals surface area contributed by atoms with Crippen molar-refractivity contribution in [2.75, 3.05) is 13.7 Å². The van der Waals surface area contributed by atoms with Gasteiger partial charge < -0.3 is 9.47 Å². The van der Waals surface area contributed by atoms with E-state index in [-0.39, 0.29) is 5.97 Å². The molecule has 4 heteroatoms. The van der Waals surface area contributed by atoms with Gasteiger partial charge in [-0.2, -0.15) is 0 Å². The summed E-state index contributed by atoms with van der Waals surface area (Å²) in [4.78, 5) is 14.8. The van der Waals surface area contributed by atoms with Crippen LogP contribution in [0.4, 0.5) is 0 Å². The number of fused-ring (bicyclic) bond motifs is 4. The zero-order valence-electron chi connectivity index (χ0n) is 17.0. The molecule has 6 rings (SSSR count). The number of methoxy groups -OCH3 is 1. The normalized spacial score (nSPS) is 29.3. The lowest BCUT2D eigenvalue weighted by Crippen LogP contribution is -2.48. The molecule has 4 nitrogen and oxygen atoms in total. The Labute approximate surface area is 176 Å². The monoisotopic (exact) mass is 397 g/mol. The molecule has 0 saturated carbocycles. The first-order chi connectivity index (χ1) is 14.7. The number of carbonyl (C=O) groups excluding carboxylic acids is 1. The van der Waals surface area contributed by atoms with Gasteiger partial charge in [-0.1, -0.05) is 36.5 Å². The molecule has 0 amide bonds. The van der Waals surface area contributed by atoms with E-state index in [0.29, 0.717) is 12.1 Å². The Hall–Kier alpha value is -3.03. The number of rotatable bonds is 1. The zero-order valence-corrected chi connectivity index (χ0v) is 17.0. The summed E-state index contributed by atoms with van der Waals surface area (Å²) in [7, 11) is 1.68. The number of benzene rings is 2. The molecule has 4 aliphatic rings. The van der Waals surface area contributed by atoms with Crippen molar-refractivity contribution in [3.05, 3.63) is 65.3 Å². The molecule has 2 aromatic carbocycles. The van der Waals surface area contributed by atoms with Crippen LogP contribution in [0.1, 0.15) is 31.2 Å². The van der Waals surface area contributed by atoms with Crippen LogP contribution in [-0.4, -0.2) is 42.2 Å². The molecule has 0 unspecified atom stereocenters. The summed E-state index contributed by atoms with van der Waals surface area (Å²) in [5, 5.41) is 2.26. The van der Waals surface area contributed by atoms with Crippen LogP contribution in [0.25, 0.3) is 10.8 Å². The first kappa shape index (κ1) is 17.8. The standard InChI is InChI=1S/C26H23NO3/c1-29-22-10-9-18-12-17(5-7-19(18)14-22)6-8-20-13-21-16-26(23(20)15-25(28)30-26)24-4-2-3-11-27(21)24/h5,7,9-10,12-15,21,24H,2-4,11,16H2,1H3/t21-,24-,26+/m1/s1. The van der Waals surface area contributed by atoms with Crippen LogP contribution in [0.5, 0.6) is 5.75 Å². The quantitative estimate of drug-likeness (QED) is 0.539. The fraction of sp³-hybridized carbons (Fsp3) is 0.346. The van der Waals surface area contributed by atoms with E-state index in [0.717, 1.165) is 52.6 Å². The highest BCUT2D eigenvalue weighted by atomic mass is 16.6. The predicted octanol–water partition coefficient (Wildman–Crippen LogP) is 3.99. The van der Waals surface area contributed by atoms with Gasteiger partial charge in [0.25, 0.3) is 0 Å². The van der Waals surface area contributed by atoms with Crippen molar-refractivity contribution >= 4 is 16.7 Å². The number of carbonyl (C=O) groups is 1. The van der Waals surface area contributed by atoms with Crippen LogP contribution < -0.4 is 4.74 Å². The Kier molecular flexibility index (Phi) is 3.85. The van der Waals surface area contributed by atoms with Gasteiger partial charge in [0.15, 0.2) is 5.60 Å². The molecule has 2 saturated heterocycles. The molecule has 0 radical (unpaired) electrons. The summed E-state index contributed by atoms with van der Waals surface area (Å²) in [6, 6.07) is 12.9. The first-order valence-corrected chi connectivity index (χ1v) is 10.7. The van der Waals surface area contributed by atoms with Crippen molar-refractivity contribution in [2.45, 2.75) is 43.4 Å². The SMILES string of the molecule is COc1ccc2cc(C#CC3=C[C@@H]4C[C@@]5(OC(=O)C=C35)[C@H]3CCCCN43)ccc2c1. The van der Waals surface area contributed by atoms with Gasteiger partial charge in [0.05, 0.1) is 13.2 Å². The molecule has 3 heterocycles. The van der Waals surface area contributed by atoms with E-state index >= 15 is 0 Å². The number of hydrogen-bond donors (Lipinski definition) is 0. The van der Waals surface area contributed by atoms with Gasteiger partial charge in [0.1, 0.15) is 5.75 Å². The molecular weight excluding hydrogens is 374 g/mol. The van der Waals surface area contributed by atoms with E-state index in [1.807, 2.05) is 18.2 Å². The van der Waals surface area contributed by atoms with Crippen LogP contribution in [0.3, 0.4) is 0 Å². The lowest BCUT2D eigenvalue weighted by Gasteiger charge is -2.38. The number of esters is 1. The van der Waals surface area contributed by atoms with E-state index in [4.69, 9.17) is 9.47 Å². The second kappa shape index (κ2) is 6.48. The summed E-state index contributed by atoms with van der Waals surface area (Å²) in [6.45, 7) is 1.08. The molecule has 150 valence electrons. The number of nitrogens with zero attached hydrogens (tertiary/aromatic N) is 1. The van der Waals surface area contributed by atoms with Gasteiger partial charge >= 0.3 is 5.97 Å². The highest BCUT2D eigenvalue weighted by molar-refractivity contribution is 5.90. The summed E-state index contributed by atoms with van der Waals surface area (Å²) >= 11 is 0. The topological polar surface area (TPSA) is 38.8 Å². The number of ether oxygens (including phenoxy) is 2. The Morgan fingerprint density at radius 2 is 2.00 bits per heavy atom. The second-order valence-electron chi connectivity index (χ2n) is 8.65. The molecule has 0 N–H and O–H groups in total. The number of hydrogen-bond acceptors (Lipinski definition) is 4. The van der Waals surface area contributed by atoms with Gasteiger partial charge in [0, 0.05) is 35.2 Å². The summed E-state index contributed by atoms with van der Waals surface area (Å²) in [5.41, 5.74) is 2.43. The molecule has 2 fully saturated rings. The van der Waals surface area contributed by atoms with Crippen molar-refractivity contribution in [2.24, 2.45) is 0 Å². The van der Waals surface area contributed by atoms with Crippen molar-refractivity contribution in [1.82, 2.24) is 4.90 Å². The lowest BCUT2D eigenvalue weighted by molar-refractivity contribution is -0.148. The Bertz CT molecular complexity index is 1200. The second-order valence-corrected chi connectivity index (χ2v) is 8.65. The van der Waals surface area contributed by atoms with Crippen LogP contribution in [0, 0.1) is 11.8 Å². The van der Waals surface area contributed by atoms with Gasteiger partial charge in [0.2, 0.25) is 0 Å². The van der Waals surface area contributed by atoms with E-state index in [1.165, 1.54) is 12.8 Å². The maximum Gasteiger partial charge on any atom is 0.332 e. The van der Waals surface area contributed by atoms with Crippen LogP contribution >= 0.6 is 0 Å². The van der Waals surface area contributed by atoms with Gasteiger partial charge in [-0.25, -0.2) is 4.79 Å². The highest BCUT2D eigenvalue weighted by Crippen LogP contribution is 2.53. The lowest BCUT2D eigenvalue weighted by atomic mass is 9.77. The van der Waals surface area contributed by atoms with E-state index in [9.17, 15) is 4.79 Å². The minimum absolute atomic E-state index is 0.217. The number of piperidine rings is 1. The largest absolute Gasteiger partial charge is 0.497 e. The maximum atomic E-state index is 12.3. The van der Waals surface area contributed by atoms with E-state index in [2.05, 4.69) is 41.0 Å². The van der Waals surface area contributed by atoms with Gasteiger partial charge in [-0.3, -0.25) is 4.90 Å². The molecule has 3 aliphatic heterocycles. The third kappa shape index (κ3) is 2.55. The van der Waals surface area contributed by atoms with Gasteiger partial charge in [-0.15, -0.1) is 0 Å². The minimum Gasteiger partial charge on any atom is -0.497 e. The molecule has 2 aromatic rings. The molecule has 1 aliphatic carbocycles. The third-order valence-corrected chi connectivity index (χ3v) is 7.06. The molecule has 2 bridgehead atoms. The molecule has 3 atom stereocenters. The Morgan fingerprint density at radius 1 is 1.13 bits per heavy atom. The molecular formula is C26H23NO3. The average molecular weight is 397 g/mol. The Balaban J connectivity index is 1.38. The average Bonchev–Trinajstić information content (AvgIpc) is 3.26. The van der Waals surface area contributed by atoms with Crippen molar-refractivity contribution in [1.29, 1.82) is 0 Å². The van der Waals surface area contributed by atoms with Crippen molar-refractivity contribution in [3.8, 4) is 17.6 Å². The molecule has 1 spiro atoms. The van der Waals surface area contributed by atoms with Gasteiger partial charge in [-0.05, 0) is 54.4 Å². The highest BCUT2D eigenvalue weighted by Gasteiger charge is 2.61. The van der Waals surface area contributed by atoms with E-state index in [1.54, 1.807) is 13.2 Å². The smallest absolute Gasteiger partial charge is 0.332 e. The minimum atomic E-state index is -0.485. The predicted molar refractivity (Wildman–Crippen MR) is 115 cm³/mol. The fourth-order valence-corrected chi connectivity index (χ4v) is 5.74. The Morgan fingerprint density at radius 3 is 2.90 bits per heavy atom. The fourth-order valence-electron chi connectivity index (χ4n) is 5.74. The third-order valence-electron chi connectivity index (χ3n) is 7.06. The summed E-state index contributed by atoms with van der Waals surface area (Å²) in [6.07, 6.45) is 8.32. The van der Waals surface area contributed by atoms with Crippen LogP contribution in [0.2, 0.25) is 0 Å².